The van der Waals surface area contributed by atoms with E-state index in [1.54, 1.807) is 12.1 Å². The monoisotopic (exact) mass is 340 g/mol. The Labute approximate surface area is 137 Å². The fourth-order valence-corrected chi connectivity index (χ4v) is 4.41. The molecule has 1 saturated carbocycles. The maximum atomic E-state index is 12.6. The number of methoxy groups -OCH3 is 2. The van der Waals surface area contributed by atoms with Gasteiger partial charge in [-0.3, -0.25) is 0 Å². The second kappa shape index (κ2) is 6.67. The molecule has 23 heavy (non-hydrogen) atoms. The van der Waals surface area contributed by atoms with Crippen LogP contribution in [0.5, 0.6) is 11.5 Å². The molecule has 2 aliphatic rings. The Morgan fingerprint density at radius 2 is 1.70 bits per heavy atom. The van der Waals surface area contributed by atoms with E-state index in [1.807, 2.05) is 0 Å². The zero-order valence-corrected chi connectivity index (χ0v) is 14.4. The van der Waals surface area contributed by atoms with Gasteiger partial charge in [0.1, 0.15) is 0 Å². The minimum Gasteiger partial charge on any atom is -0.493 e. The Kier molecular flexibility index (Phi) is 4.79. The lowest BCUT2D eigenvalue weighted by molar-refractivity contribution is 0.199. The van der Waals surface area contributed by atoms with Crippen molar-refractivity contribution >= 4 is 10.0 Å². The van der Waals surface area contributed by atoms with Crippen LogP contribution in [0.1, 0.15) is 25.7 Å². The van der Waals surface area contributed by atoms with E-state index in [1.165, 1.54) is 33.1 Å². The number of ether oxygens (including phenoxy) is 2. The van der Waals surface area contributed by atoms with Gasteiger partial charge < -0.3 is 14.4 Å². The number of sulfonamides is 1. The van der Waals surface area contributed by atoms with Crippen molar-refractivity contribution in [1.29, 1.82) is 0 Å². The summed E-state index contributed by atoms with van der Waals surface area (Å²) in [5.74, 6) is 0.933. The molecule has 7 heteroatoms. The second-order valence-electron chi connectivity index (χ2n) is 6.18. The average molecular weight is 340 g/mol. The number of nitrogens with one attached hydrogen (secondary N) is 1. The Balaban J connectivity index is 1.66. The summed E-state index contributed by atoms with van der Waals surface area (Å²) in [7, 11) is -0.523. The fraction of sp³-hybridized carbons (Fsp3) is 0.625. The molecule has 0 aromatic heterocycles. The summed E-state index contributed by atoms with van der Waals surface area (Å²) < 4.78 is 38.3. The first kappa shape index (κ1) is 16.5. The molecule has 128 valence electrons. The third-order valence-corrected chi connectivity index (χ3v) is 6.10. The van der Waals surface area contributed by atoms with Gasteiger partial charge in [-0.25, -0.2) is 13.1 Å². The van der Waals surface area contributed by atoms with Crippen molar-refractivity contribution in [1.82, 2.24) is 9.62 Å². The molecule has 1 N–H and O–H groups in total. The van der Waals surface area contributed by atoms with Crippen LogP contribution in [0.2, 0.25) is 0 Å². The Hall–Kier alpha value is -1.31. The minimum atomic E-state index is -3.54. The van der Waals surface area contributed by atoms with E-state index in [4.69, 9.17) is 9.47 Å². The van der Waals surface area contributed by atoms with Crippen LogP contribution < -0.4 is 14.2 Å². The molecule has 1 heterocycles. The summed E-state index contributed by atoms with van der Waals surface area (Å²) in [6.07, 6.45) is 4.32. The summed E-state index contributed by atoms with van der Waals surface area (Å²) in [6.45, 7) is 1.95. The molecule has 3 rings (SSSR count). The van der Waals surface area contributed by atoms with Crippen LogP contribution in [-0.2, 0) is 10.0 Å². The first-order valence-corrected chi connectivity index (χ1v) is 9.50. The highest BCUT2D eigenvalue weighted by Gasteiger charge is 2.33. The third-order valence-electron chi connectivity index (χ3n) is 4.58. The molecule has 0 atom stereocenters. The van der Waals surface area contributed by atoms with Crippen LogP contribution in [0, 0.1) is 0 Å². The molecule has 1 aliphatic carbocycles. The number of rotatable bonds is 6. The van der Waals surface area contributed by atoms with Crippen LogP contribution in [0.25, 0.3) is 0 Å². The highest BCUT2D eigenvalue weighted by molar-refractivity contribution is 7.89. The number of hydrogen-bond acceptors (Lipinski definition) is 5. The number of likely N-dealkylation sites (tertiary alicyclic amines) is 1. The second-order valence-corrected chi connectivity index (χ2v) is 7.89. The summed E-state index contributed by atoms with van der Waals surface area (Å²) in [5, 5.41) is 0. The van der Waals surface area contributed by atoms with Crippen LogP contribution in [0.4, 0.5) is 0 Å². The highest BCUT2D eigenvalue weighted by Crippen LogP contribution is 2.31. The van der Waals surface area contributed by atoms with Gasteiger partial charge in [0.25, 0.3) is 0 Å². The minimum absolute atomic E-state index is 0.00287. The molecule has 0 amide bonds. The van der Waals surface area contributed by atoms with Gasteiger partial charge in [-0.1, -0.05) is 0 Å². The number of piperidine rings is 1. The molecular weight excluding hydrogens is 316 g/mol. The van der Waals surface area contributed by atoms with Crippen LogP contribution in [0.15, 0.2) is 23.1 Å². The number of nitrogens with zero attached hydrogens (tertiary/aromatic N) is 1. The Morgan fingerprint density at radius 3 is 2.26 bits per heavy atom. The smallest absolute Gasteiger partial charge is 0.240 e. The third kappa shape index (κ3) is 3.79. The lowest BCUT2D eigenvalue weighted by Gasteiger charge is -2.32. The number of benzene rings is 1. The lowest BCUT2D eigenvalue weighted by Crippen LogP contribution is -2.45. The van der Waals surface area contributed by atoms with Gasteiger partial charge in [0, 0.05) is 18.2 Å². The van der Waals surface area contributed by atoms with Crippen molar-refractivity contribution in [3.05, 3.63) is 18.2 Å². The van der Waals surface area contributed by atoms with E-state index >= 15 is 0 Å². The first-order valence-electron chi connectivity index (χ1n) is 8.02. The molecule has 1 aromatic carbocycles. The van der Waals surface area contributed by atoms with E-state index in [9.17, 15) is 8.42 Å². The SMILES string of the molecule is COc1ccc(S(=O)(=O)NC2CCN(C3CC3)CC2)cc1OC. The van der Waals surface area contributed by atoms with E-state index in [2.05, 4.69) is 9.62 Å². The Morgan fingerprint density at radius 1 is 1.04 bits per heavy atom. The van der Waals surface area contributed by atoms with E-state index < -0.39 is 10.0 Å². The van der Waals surface area contributed by atoms with Gasteiger partial charge in [-0.2, -0.15) is 0 Å². The molecule has 0 bridgehead atoms. The molecule has 2 fully saturated rings. The van der Waals surface area contributed by atoms with Crippen molar-refractivity contribution in [2.75, 3.05) is 27.3 Å². The van der Waals surface area contributed by atoms with Crippen LogP contribution in [-0.4, -0.2) is 52.7 Å². The topological polar surface area (TPSA) is 67.9 Å². The molecule has 1 aliphatic heterocycles. The maximum Gasteiger partial charge on any atom is 0.240 e. The van der Waals surface area contributed by atoms with E-state index in [-0.39, 0.29) is 10.9 Å². The largest absolute Gasteiger partial charge is 0.493 e. The van der Waals surface area contributed by atoms with Crippen molar-refractivity contribution in [2.45, 2.75) is 42.7 Å². The predicted molar refractivity (Wildman–Crippen MR) is 87.5 cm³/mol. The van der Waals surface area contributed by atoms with Gasteiger partial charge >= 0.3 is 0 Å². The predicted octanol–water partition coefficient (Wildman–Crippen LogP) is 1.61. The number of hydrogen-bond donors (Lipinski definition) is 1. The van der Waals surface area contributed by atoms with Crippen molar-refractivity contribution in [3.8, 4) is 11.5 Å². The molecule has 1 saturated heterocycles. The zero-order valence-electron chi connectivity index (χ0n) is 13.6. The highest BCUT2D eigenvalue weighted by atomic mass is 32.2. The summed E-state index contributed by atoms with van der Waals surface area (Å²) >= 11 is 0. The van der Waals surface area contributed by atoms with E-state index in [0.717, 1.165) is 32.0 Å². The Bertz CT molecular complexity index is 650. The van der Waals surface area contributed by atoms with Gasteiger partial charge in [0.2, 0.25) is 10.0 Å². The zero-order chi connectivity index (χ0) is 16.4. The standard InChI is InChI=1S/C16H24N2O4S/c1-21-15-6-5-14(11-16(15)22-2)23(19,20)17-12-7-9-18(10-8-12)13-3-4-13/h5-6,11-13,17H,3-4,7-10H2,1-2H3. The molecule has 0 spiro atoms. The quantitative estimate of drug-likeness (QED) is 0.852. The van der Waals surface area contributed by atoms with Crippen LogP contribution in [0.3, 0.4) is 0 Å². The van der Waals surface area contributed by atoms with Gasteiger partial charge in [-0.15, -0.1) is 0 Å². The first-order chi connectivity index (χ1) is 11.0. The van der Waals surface area contributed by atoms with Gasteiger partial charge in [-0.05, 0) is 50.9 Å². The fourth-order valence-electron chi connectivity index (χ4n) is 3.09. The van der Waals surface area contributed by atoms with Gasteiger partial charge in [0.15, 0.2) is 11.5 Å². The molecular formula is C16H24N2O4S. The average Bonchev–Trinajstić information content (AvgIpc) is 3.39. The van der Waals surface area contributed by atoms with Crippen molar-refractivity contribution < 1.29 is 17.9 Å². The van der Waals surface area contributed by atoms with Crippen molar-refractivity contribution in [2.24, 2.45) is 0 Å². The molecule has 6 nitrogen and oxygen atoms in total. The molecule has 0 unspecified atom stereocenters. The molecule has 1 aromatic rings. The summed E-state index contributed by atoms with van der Waals surface area (Å²) in [4.78, 5) is 2.68. The molecule has 0 radical (unpaired) electrons. The van der Waals surface area contributed by atoms with Crippen molar-refractivity contribution in [3.63, 3.8) is 0 Å². The normalized spacial score (nSPS) is 20.4. The van der Waals surface area contributed by atoms with Crippen LogP contribution >= 0.6 is 0 Å². The maximum absolute atomic E-state index is 12.6. The van der Waals surface area contributed by atoms with Gasteiger partial charge in [0.05, 0.1) is 19.1 Å². The lowest BCUT2D eigenvalue weighted by atomic mass is 10.1. The van der Waals surface area contributed by atoms with E-state index in [0.29, 0.717) is 11.5 Å². The summed E-state index contributed by atoms with van der Waals surface area (Å²) in [6, 6.07) is 5.41. The summed E-state index contributed by atoms with van der Waals surface area (Å²) in [5.41, 5.74) is 0.